The van der Waals surface area contributed by atoms with Crippen molar-refractivity contribution in [1.82, 2.24) is 9.97 Å². The highest BCUT2D eigenvalue weighted by Crippen LogP contribution is 2.52. The predicted octanol–water partition coefficient (Wildman–Crippen LogP) is 14.0. The normalized spacial score (nSPS) is 13.2. The molecule has 3 heterocycles. The number of pyridine rings is 2. The molecule has 7 aromatic carbocycles. The van der Waals surface area contributed by atoms with Gasteiger partial charge in [0.25, 0.3) is 0 Å². The predicted molar refractivity (Wildman–Crippen MR) is 225 cm³/mol. The Bertz CT molecular complexity index is 3340. The molecular weight excluding hydrogens is 661 g/mol. The van der Waals surface area contributed by atoms with Crippen LogP contribution >= 0.6 is 11.3 Å². The van der Waals surface area contributed by atoms with Gasteiger partial charge in [0.1, 0.15) is 0 Å². The second-order valence-corrected chi connectivity index (χ2v) is 13.8. The lowest BCUT2D eigenvalue weighted by Gasteiger charge is -2.15. The Balaban J connectivity index is 1.19. The number of nitrogens with zero attached hydrogens (tertiary/aromatic N) is 2. The summed E-state index contributed by atoms with van der Waals surface area (Å²) in [5.41, 5.74) is 9.60. The number of thiophene rings is 1. The summed E-state index contributed by atoms with van der Waals surface area (Å²) in [5, 5.41) is 1.59. The molecule has 248 valence electrons. The highest BCUT2D eigenvalue weighted by Gasteiger charge is 2.23. The second kappa shape index (κ2) is 13.1. The first-order chi connectivity index (χ1) is 29.2. The van der Waals surface area contributed by atoms with E-state index in [9.17, 15) is 0 Å². The molecule has 0 spiro atoms. The molecule has 0 saturated heterocycles. The highest BCUT2D eigenvalue weighted by atomic mass is 32.1. The van der Waals surface area contributed by atoms with Gasteiger partial charge in [-0.1, -0.05) is 170 Å². The number of rotatable bonds is 6. The van der Waals surface area contributed by atoms with E-state index in [1.807, 2.05) is 54.6 Å². The van der Waals surface area contributed by atoms with Crippen LogP contribution in [0.2, 0.25) is 0 Å². The van der Waals surface area contributed by atoms with Crippen LogP contribution < -0.4 is 0 Å². The Morgan fingerprint density at radius 2 is 0.962 bits per heavy atom. The Hall–Kier alpha value is -6.68. The zero-order chi connectivity index (χ0) is 41.2. The van der Waals surface area contributed by atoms with Crippen LogP contribution in [0.5, 0.6) is 0 Å². The minimum absolute atomic E-state index is 0.00177. The minimum Gasteiger partial charge on any atom is -0.254 e. The minimum atomic E-state index is -0.460. The molecule has 0 aliphatic heterocycles. The van der Waals surface area contributed by atoms with Gasteiger partial charge in [0, 0.05) is 43.4 Å². The largest absolute Gasteiger partial charge is 0.254 e. The standard InChI is InChI=1S/C50H32N2S/c1-4-14-33(15-5-1)45-46(50(37-18-8-3-9-19-37)53-49(45)36-16-6-2-7-17-36)39-21-12-20-38(32-39)40-28-29-43(42-24-11-10-23-41(40)42)44-30-27-35-26-25-34-22-13-31-51-47(34)48(35)52-44/h1-32H/i13D,22D,25D,26D,27D,30D,31D. The Morgan fingerprint density at radius 1 is 0.434 bits per heavy atom. The van der Waals surface area contributed by atoms with Gasteiger partial charge in [-0.2, -0.15) is 0 Å². The molecule has 10 rings (SSSR count). The average molecular weight is 700 g/mol. The zero-order valence-corrected chi connectivity index (χ0v) is 29.1. The van der Waals surface area contributed by atoms with E-state index in [1.54, 1.807) is 11.3 Å². The summed E-state index contributed by atoms with van der Waals surface area (Å²) < 4.78 is 60.5. The van der Waals surface area contributed by atoms with E-state index in [4.69, 9.17) is 14.6 Å². The Kier molecular flexibility index (Phi) is 6.07. The first-order valence-electron chi connectivity index (χ1n) is 20.8. The SMILES string of the molecule is [2H]c1nc2c(c([2H])c1[2H])c([2H])c([2H])c1c([2H])c([2H])c(-c3ccc(-c4cccc(-c5c(-c6ccccc6)sc(-c6ccccc6)c5-c5ccccc5)c4)c4ccccc34)nc12. The molecule has 0 atom stereocenters. The van der Waals surface area contributed by atoms with Gasteiger partial charge < -0.3 is 0 Å². The molecule has 0 aliphatic rings. The van der Waals surface area contributed by atoms with Gasteiger partial charge in [-0.3, -0.25) is 4.98 Å². The van der Waals surface area contributed by atoms with Gasteiger partial charge in [-0.25, -0.2) is 4.98 Å². The lowest BCUT2D eigenvalue weighted by Crippen LogP contribution is -1.91. The fourth-order valence-corrected chi connectivity index (χ4v) is 8.57. The van der Waals surface area contributed by atoms with Gasteiger partial charge in [0.05, 0.1) is 26.3 Å². The first kappa shape index (κ1) is 24.5. The summed E-state index contributed by atoms with van der Waals surface area (Å²) in [6.07, 6.45) is -0.460. The quantitative estimate of drug-likeness (QED) is 0.161. The van der Waals surface area contributed by atoms with Gasteiger partial charge in [-0.15, -0.1) is 11.3 Å². The van der Waals surface area contributed by atoms with Crippen molar-refractivity contribution in [2.45, 2.75) is 0 Å². The van der Waals surface area contributed by atoms with Crippen molar-refractivity contribution in [2.75, 3.05) is 0 Å². The average Bonchev–Trinajstić information content (AvgIpc) is 3.70. The molecule has 0 saturated carbocycles. The fourth-order valence-electron chi connectivity index (χ4n) is 7.21. The molecule has 0 N–H and O–H groups in total. The summed E-state index contributed by atoms with van der Waals surface area (Å²) in [5.74, 6) is 0. The summed E-state index contributed by atoms with van der Waals surface area (Å²) in [4.78, 5) is 11.5. The lowest BCUT2D eigenvalue weighted by molar-refractivity contribution is 1.37. The monoisotopic (exact) mass is 699 g/mol. The van der Waals surface area contributed by atoms with Crippen molar-refractivity contribution < 1.29 is 9.60 Å². The van der Waals surface area contributed by atoms with Crippen LogP contribution in [0.3, 0.4) is 0 Å². The van der Waals surface area contributed by atoms with Crippen LogP contribution in [0.4, 0.5) is 0 Å². The first-order valence-corrected chi connectivity index (χ1v) is 18.2. The van der Waals surface area contributed by atoms with E-state index < -0.39 is 18.3 Å². The molecule has 3 aromatic heterocycles. The number of aromatic nitrogens is 2. The van der Waals surface area contributed by atoms with E-state index in [0.29, 0.717) is 5.56 Å². The van der Waals surface area contributed by atoms with Gasteiger partial charge >= 0.3 is 0 Å². The molecule has 0 radical (unpaired) electrons. The van der Waals surface area contributed by atoms with Gasteiger partial charge in [0.15, 0.2) is 0 Å². The molecule has 3 heteroatoms. The summed E-state index contributed by atoms with van der Waals surface area (Å²) in [6, 6.07) is 50.0. The fraction of sp³-hybridized carbons (Fsp3) is 0. The molecular formula is C50H32N2S. The van der Waals surface area contributed by atoms with E-state index in [1.165, 1.54) is 15.3 Å². The molecule has 0 unspecified atom stereocenters. The molecule has 2 nitrogen and oxygen atoms in total. The molecule has 53 heavy (non-hydrogen) atoms. The summed E-state index contributed by atoms with van der Waals surface area (Å²) in [6.45, 7) is 0. The maximum Gasteiger partial charge on any atom is 0.0972 e. The molecule has 0 fully saturated rings. The topological polar surface area (TPSA) is 25.8 Å². The van der Waals surface area contributed by atoms with Crippen molar-refractivity contribution in [3.63, 3.8) is 0 Å². The van der Waals surface area contributed by atoms with Crippen LogP contribution in [0, 0.1) is 0 Å². The number of hydrogen-bond acceptors (Lipinski definition) is 3. The van der Waals surface area contributed by atoms with Crippen molar-refractivity contribution in [2.24, 2.45) is 0 Å². The highest BCUT2D eigenvalue weighted by molar-refractivity contribution is 7.20. The third kappa shape index (κ3) is 5.50. The van der Waals surface area contributed by atoms with Crippen LogP contribution in [-0.2, 0) is 0 Å². The molecule has 10 aromatic rings. The van der Waals surface area contributed by atoms with E-state index in [-0.39, 0.29) is 51.7 Å². The lowest BCUT2D eigenvalue weighted by atomic mass is 9.89. The Labute approximate surface area is 322 Å². The van der Waals surface area contributed by atoms with Crippen LogP contribution in [0.15, 0.2) is 194 Å². The van der Waals surface area contributed by atoms with Crippen molar-refractivity contribution >= 4 is 43.9 Å². The molecule has 0 amide bonds. The number of hydrogen-bond donors (Lipinski definition) is 0. The van der Waals surface area contributed by atoms with Crippen molar-refractivity contribution in [3.8, 4) is 65.5 Å². The Morgan fingerprint density at radius 3 is 1.66 bits per heavy atom. The van der Waals surface area contributed by atoms with Gasteiger partial charge in [0.2, 0.25) is 0 Å². The second-order valence-electron chi connectivity index (χ2n) is 12.8. The van der Waals surface area contributed by atoms with Crippen LogP contribution in [0.25, 0.3) is 98.1 Å². The van der Waals surface area contributed by atoms with Crippen LogP contribution in [0.1, 0.15) is 9.60 Å². The van der Waals surface area contributed by atoms with E-state index >= 15 is 0 Å². The maximum absolute atomic E-state index is 9.15. The summed E-state index contributed by atoms with van der Waals surface area (Å²) >= 11 is 1.80. The third-order valence-electron chi connectivity index (χ3n) is 9.64. The number of benzene rings is 7. The maximum atomic E-state index is 9.15. The van der Waals surface area contributed by atoms with E-state index in [2.05, 4.69) is 102 Å². The van der Waals surface area contributed by atoms with Crippen molar-refractivity contribution in [1.29, 1.82) is 0 Å². The molecule has 0 aliphatic carbocycles. The van der Waals surface area contributed by atoms with Crippen LogP contribution in [-0.4, -0.2) is 9.97 Å². The molecule has 0 bridgehead atoms. The third-order valence-corrected chi connectivity index (χ3v) is 10.9. The van der Waals surface area contributed by atoms with Gasteiger partial charge in [-0.05, 0) is 62.3 Å². The summed E-state index contributed by atoms with van der Waals surface area (Å²) in [7, 11) is 0. The van der Waals surface area contributed by atoms with Crippen molar-refractivity contribution in [3.05, 3.63) is 194 Å². The zero-order valence-electron chi connectivity index (χ0n) is 35.2. The smallest absolute Gasteiger partial charge is 0.0972 e. The van der Waals surface area contributed by atoms with E-state index in [0.717, 1.165) is 49.7 Å². The number of fused-ring (bicyclic) bond motifs is 4.